The van der Waals surface area contributed by atoms with E-state index in [1.165, 1.54) is 12.5 Å². The van der Waals surface area contributed by atoms with Crippen LogP contribution in [0.25, 0.3) is 0 Å². The van der Waals surface area contributed by atoms with Gasteiger partial charge in [-0.05, 0) is 43.4 Å². The normalized spacial score (nSPS) is 17.9. The Morgan fingerprint density at radius 3 is 2.02 bits per heavy atom. The molecular formula is C32H54F3N5O6S. The Morgan fingerprint density at radius 1 is 1.02 bits per heavy atom. The number of hydrogen-bond donors (Lipinski definition) is 5. The van der Waals surface area contributed by atoms with Crippen LogP contribution >= 0.6 is 12.8 Å². The van der Waals surface area contributed by atoms with E-state index >= 15 is 0 Å². The summed E-state index contributed by atoms with van der Waals surface area (Å²) in [6, 6.07) is -3.53. The quantitative estimate of drug-likeness (QED) is 0.0787. The molecular weight excluding hydrogens is 639 g/mol. The molecule has 1 aliphatic carbocycles. The number of carbonyl (C=O) groups is 6. The molecule has 11 nitrogen and oxygen atoms in total. The number of carbonyl (C=O) groups excluding carboxylic acids is 6. The molecule has 47 heavy (non-hydrogen) atoms. The summed E-state index contributed by atoms with van der Waals surface area (Å²) in [6.45, 7) is 17.6. The lowest BCUT2D eigenvalue weighted by Gasteiger charge is -2.35. The van der Waals surface area contributed by atoms with Crippen molar-refractivity contribution >= 4 is 48.5 Å². The molecule has 15 heteroatoms. The second kappa shape index (κ2) is 21.1. The van der Waals surface area contributed by atoms with Gasteiger partial charge in [0.1, 0.15) is 12.3 Å². The molecule has 0 radical (unpaired) electrons. The van der Waals surface area contributed by atoms with Crippen molar-refractivity contribution in [2.45, 2.75) is 124 Å². The lowest BCUT2D eigenvalue weighted by atomic mass is 9.85. The minimum absolute atomic E-state index is 0.0225. The van der Waals surface area contributed by atoms with E-state index in [2.05, 4.69) is 53.9 Å². The van der Waals surface area contributed by atoms with Crippen molar-refractivity contribution in [3.63, 3.8) is 0 Å². The van der Waals surface area contributed by atoms with Crippen molar-refractivity contribution in [1.82, 2.24) is 25.6 Å². The smallest absolute Gasteiger partial charge is 0.346 e. The molecule has 0 spiro atoms. The topological polar surface area (TPSA) is 154 Å². The third-order valence-corrected chi connectivity index (χ3v) is 7.50. The lowest BCUT2D eigenvalue weighted by molar-refractivity contribution is -0.143. The number of aldehydes is 1. The van der Waals surface area contributed by atoms with E-state index in [1.807, 2.05) is 34.6 Å². The molecule has 0 aromatic heterocycles. The van der Waals surface area contributed by atoms with Crippen molar-refractivity contribution in [2.24, 2.45) is 17.3 Å². The largest absolute Gasteiger partial charge is 0.389 e. The number of amides is 4. The first-order valence-electron chi connectivity index (χ1n) is 16.0. The molecule has 1 saturated carbocycles. The summed E-state index contributed by atoms with van der Waals surface area (Å²) in [5, 5.41) is 7.72. The number of alkyl halides is 3. The summed E-state index contributed by atoms with van der Waals surface area (Å²) in [7, 11) is 0. The van der Waals surface area contributed by atoms with Crippen LogP contribution in [0.3, 0.4) is 0 Å². The number of Topliss-reactive ketones (excluding diaryl/α,β-unsaturated/α-hetero) is 2. The van der Waals surface area contributed by atoms with Gasteiger partial charge in [0.2, 0.25) is 11.7 Å². The molecule has 2 rings (SSSR count). The molecule has 0 aromatic rings. The highest BCUT2D eigenvalue weighted by Crippen LogP contribution is 2.32. The summed E-state index contributed by atoms with van der Waals surface area (Å²) in [5.41, 5.74) is -0.529. The van der Waals surface area contributed by atoms with E-state index in [1.54, 1.807) is 4.90 Å². The third kappa shape index (κ3) is 16.6. The molecule has 1 saturated heterocycles. The second-order valence-corrected chi connectivity index (χ2v) is 13.4. The van der Waals surface area contributed by atoms with Gasteiger partial charge in [-0.3, -0.25) is 23.9 Å². The number of halogens is 3. The fourth-order valence-electron chi connectivity index (χ4n) is 4.50. The maximum atomic E-state index is 13.0. The average molecular weight is 694 g/mol. The Kier molecular flexibility index (Phi) is 19.8. The number of thiol groups is 1. The average Bonchev–Trinajstić information content (AvgIpc) is 3.72. The highest BCUT2D eigenvalue weighted by molar-refractivity contribution is 7.78. The van der Waals surface area contributed by atoms with Crippen LogP contribution in [-0.4, -0.2) is 84.0 Å². The first-order chi connectivity index (χ1) is 21.8. The first kappa shape index (κ1) is 44.1. The number of likely N-dealkylation sites (tertiary alicyclic amines) is 1. The predicted molar refractivity (Wildman–Crippen MR) is 177 cm³/mol. The van der Waals surface area contributed by atoms with Gasteiger partial charge in [-0.2, -0.15) is 13.2 Å². The highest BCUT2D eigenvalue weighted by atomic mass is 32.1. The van der Waals surface area contributed by atoms with Crippen LogP contribution < -0.4 is 20.7 Å². The van der Waals surface area contributed by atoms with Crippen LogP contribution in [0.15, 0.2) is 12.7 Å². The molecule has 1 aliphatic heterocycles. The van der Waals surface area contributed by atoms with Gasteiger partial charge in [0.05, 0.1) is 18.1 Å². The van der Waals surface area contributed by atoms with Crippen LogP contribution in [0.1, 0.15) is 93.4 Å². The monoisotopic (exact) mass is 693 g/mol. The zero-order chi connectivity index (χ0) is 36.5. The van der Waals surface area contributed by atoms with Gasteiger partial charge in [-0.25, -0.2) is 4.79 Å². The van der Waals surface area contributed by atoms with Gasteiger partial charge in [0.25, 0.3) is 5.91 Å². The maximum Gasteiger partial charge on any atom is 0.389 e. The summed E-state index contributed by atoms with van der Waals surface area (Å²) >= 11 is 3.53. The Bertz CT molecular complexity index is 1060. The van der Waals surface area contributed by atoms with E-state index < -0.39 is 66.3 Å². The molecule has 4 atom stereocenters. The summed E-state index contributed by atoms with van der Waals surface area (Å²) in [5.74, 6) is -2.09. The van der Waals surface area contributed by atoms with Gasteiger partial charge in [0, 0.05) is 25.4 Å². The van der Waals surface area contributed by atoms with Gasteiger partial charge >= 0.3 is 12.2 Å². The molecule has 270 valence electrons. The minimum atomic E-state index is -4.37. The van der Waals surface area contributed by atoms with E-state index in [9.17, 15) is 41.9 Å². The number of urea groups is 1. The van der Waals surface area contributed by atoms with E-state index in [-0.39, 0.29) is 30.1 Å². The number of nitrogens with zero attached hydrogens (tertiary/aromatic N) is 1. The van der Waals surface area contributed by atoms with Crippen LogP contribution in [0.2, 0.25) is 0 Å². The zero-order valence-electron chi connectivity index (χ0n) is 28.7. The van der Waals surface area contributed by atoms with Crippen molar-refractivity contribution in [2.75, 3.05) is 13.1 Å². The Balaban J connectivity index is 0.000000910. The van der Waals surface area contributed by atoms with Crippen molar-refractivity contribution in [1.29, 1.82) is 0 Å². The number of hydrogen-bond acceptors (Lipinski definition) is 8. The first-order valence-corrected chi connectivity index (χ1v) is 16.5. The van der Waals surface area contributed by atoms with Gasteiger partial charge in [0.15, 0.2) is 5.78 Å². The van der Waals surface area contributed by atoms with Gasteiger partial charge < -0.3 is 25.6 Å². The number of nitrogens with one attached hydrogen (secondary N) is 4. The molecule has 4 N–H and O–H groups in total. The third-order valence-electron chi connectivity index (χ3n) is 7.19. The second-order valence-electron chi connectivity index (χ2n) is 13.1. The van der Waals surface area contributed by atoms with Crippen LogP contribution in [0, 0.1) is 17.3 Å². The Hall–Kier alpha value is -2.94. The van der Waals surface area contributed by atoms with Crippen molar-refractivity contribution < 1.29 is 41.9 Å². The SMILES string of the molecule is C=CCNC(=O)C(=O)C(CCC(F)(F)F)NS.CC(C)C(NC(=O)NC(C(=O)N1CCC[C@H]1C=O)C(C)(C)C)C(=O)C1CC1.CCC. The van der Waals surface area contributed by atoms with E-state index in [0.29, 0.717) is 13.0 Å². The molecule has 1 heterocycles. The van der Waals surface area contributed by atoms with Crippen molar-refractivity contribution in [3.8, 4) is 0 Å². The minimum Gasteiger partial charge on any atom is -0.346 e. The predicted octanol–water partition coefficient (Wildman–Crippen LogP) is 4.31. The van der Waals surface area contributed by atoms with Crippen LogP contribution in [0.5, 0.6) is 0 Å². The number of ketones is 2. The van der Waals surface area contributed by atoms with E-state index in [0.717, 1.165) is 25.5 Å². The standard InChI is InChI=1S/C20H33N3O4.C9H13F3N2O2S.C3H8/c1-12(2)15(16(25)13-8-9-13)21-19(27)22-17(20(3,4)5)18(26)23-10-6-7-14(23)11-24;1-2-5-13-8(16)7(15)6(14-17)3-4-9(10,11)12;1-3-2/h11-15,17H,6-10H2,1-5H3,(H2,21,22,27);2,6,14,17H,1,3-5H2,(H,13,16);3H2,1-2H3/t14-,15?,17?;;/m0../s1. The number of rotatable bonds is 14. The summed E-state index contributed by atoms with van der Waals surface area (Å²) in [4.78, 5) is 73.4. The lowest BCUT2D eigenvalue weighted by Crippen LogP contribution is -2.59. The van der Waals surface area contributed by atoms with Crippen molar-refractivity contribution in [3.05, 3.63) is 12.7 Å². The zero-order valence-corrected chi connectivity index (χ0v) is 29.6. The van der Waals surface area contributed by atoms with Gasteiger partial charge in [-0.1, -0.05) is 73.8 Å². The van der Waals surface area contributed by atoms with Crippen LogP contribution in [0.4, 0.5) is 18.0 Å². The maximum absolute atomic E-state index is 13.0. The summed E-state index contributed by atoms with van der Waals surface area (Å²) in [6.07, 6.45) is 0.539. The molecule has 2 aliphatic rings. The Morgan fingerprint density at radius 2 is 1.60 bits per heavy atom. The molecule has 3 unspecified atom stereocenters. The molecule has 2 fully saturated rings. The molecule has 4 amide bonds. The summed E-state index contributed by atoms with van der Waals surface area (Å²) < 4.78 is 37.9. The molecule has 0 bridgehead atoms. The van der Waals surface area contributed by atoms with Crippen LogP contribution in [-0.2, 0) is 24.0 Å². The fourth-order valence-corrected chi connectivity index (χ4v) is 4.74. The Labute approximate surface area is 282 Å². The highest BCUT2D eigenvalue weighted by Gasteiger charge is 2.41. The van der Waals surface area contributed by atoms with Gasteiger partial charge in [-0.15, -0.1) is 6.58 Å². The molecule has 0 aromatic carbocycles. The fraction of sp³-hybridized carbons (Fsp3) is 0.750. The van der Waals surface area contributed by atoms with E-state index in [4.69, 9.17) is 0 Å².